The maximum absolute atomic E-state index is 14.3. The van der Waals surface area contributed by atoms with Crippen LogP contribution in [0.4, 0.5) is 4.39 Å². The minimum absolute atomic E-state index is 0.340. The number of nitrogens with zero attached hydrogens (tertiary/aromatic N) is 1. The van der Waals surface area contributed by atoms with Gasteiger partial charge in [0.2, 0.25) is 0 Å². The molecule has 21 heavy (non-hydrogen) atoms. The molecular formula is C16H19FN2O2. The molecule has 1 N–H and O–H groups in total. The first-order valence-electron chi connectivity index (χ1n) is 6.77. The lowest BCUT2D eigenvalue weighted by Gasteiger charge is -2.20. The quantitative estimate of drug-likeness (QED) is 0.888. The fourth-order valence-electron chi connectivity index (χ4n) is 2.22. The third-order valence-electron chi connectivity index (χ3n) is 3.22. The summed E-state index contributed by atoms with van der Waals surface area (Å²) in [6.45, 7) is 2.64. The second-order valence-corrected chi connectivity index (χ2v) is 4.47. The van der Waals surface area contributed by atoms with Gasteiger partial charge in [0.15, 0.2) is 0 Å². The van der Waals surface area contributed by atoms with Gasteiger partial charge in [-0.3, -0.25) is 4.98 Å². The molecule has 5 heteroatoms. The molecule has 1 aromatic carbocycles. The van der Waals surface area contributed by atoms with E-state index >= 15 is 0 Å². The summed E-state index contributed by atoms with van der Waals surface area (Å²) in [5, 5.41) is 3.24. The molecule has 2 rings (SSSR count). The van der Waals surface area contributed by atoms with Gasteiger partial charge >= 0.3 is 0 Å². The predicted molar refractivity (Wildman–Crippen MR) is 79.3 cm³/mol. The van der Waals surface area contributed by atoms with Crippen LogP contribution in [-0.2, 0) is 0 Å². The zero-order valence-corrected chi connectivity index (χ0v) is 12.4. The molecule has 4 nitrogen and oxygen atoms in total. The predicted octanol–water partition coefficient (Wildman–Crippen LogP) is 2.94. The summed E-state index contributed by atoms with van der Waals surface area (Å²) in [5.74, 6) is 0.770. The molecule has 0 aliphatic rings. The molecule has 1 unspecified atom stereocenters. The van der Waals surface area contributed by atoms with Gasteiger partial charge in [0, 0.05) is 17.8 Å². The zero-order chi connectivity index (χ0) is 15.2. The number of rotatable bonds is 6. The van der Waals surface area contributed by atoms with Gasteiger partial charge in [0.1, 0.15) is 23.0 Å². The highest BCUT2D eigenvalue weighted by atomic mass is 19.1. The Hall–Kier alpha value is -2.14. The fraction of sp³-hybridized carbons (Fsp3) is 0.312. The largest absolute Gasteiger partial charge is 0.497 e. The van der Waals surface area contributed by atoms with Crippen LogP contribution in [0.5, 0.6) is 11.5 Å². The van der Waals surface area contributed by atoms with Crippen molar-refractivity contribution in [1.82, 2.24) is 10.3 Å². The van der Waals surface area contributed by atoms with Crippen LogP contribution in [-0.4, -0.2) is 25.7 Å². The summed E-state index contributed by atoms with van der Waals surface area (Å²) in [7, 11) is 3.09. The van der Waals surface area contributed by atoms with Crippen LogP contribution in [0, 0.1) is 5.82 Å². The van der Waals surface area contributed by atoms with Crippen molar-refractivity contribution in [3.8, 4) is 11.5 Å². The van der Waals surface area contributed by atoms with Crippen molar-refractivity contribution in [3.05, 3.63) is 53.6 Å². The molecule has 2 aromatic rings. The average Bonchev–Trinajstić information content (AvgIpc) is 2.53. The highest BCUT2D eigenvalue weighted by Gasteiger charge is 2.22. The van der Waals surface area contributed by atoms with Crippen molar-refractivity contribution >= 4 is 0 Å². The Labute approximate surface area is 123 Å². The summed E-state index contributed by atoms with van der Waals surface area (Å²) in [6, 6.07) is 8.03. The lowest BCUT2D eigenvalue weighted by molar-refractivity contribution is 0.398. The number of methoxy groups -OCH3 is 2. The maximum Gasteiger partial charge on any atom is 0.142 e. The first-order chi connectivity index (χ1) is 10.2. The maximum atomic E-state index is 14.3. The van der Waals surface area contributed by atoms with Gasteiger partial charge in [0.25, 0.3) is 0 Å². The number of nitrogens with one attached hydrogen (secondary N) is 1. The summed E-state index contributed by atoms with van der Waals surface area (Å²) in [5.41, 5.74) is 1.17. The summed E-state index contributed by atoms with van der Waals surface area (Å²) >= 11 is 0. The lowest BCUT2D eigenvalue weighted by Crippen LogP contribution is -2.24. The number of hydrogen-bond acceptors (Lipinski definition) is 4. The first-order valence-corrected chi connectivity index (χ1v) is 6.77. The van der Waals surface area contributed by atoms with Crippen LogP contribution in [0.1, 0.15) is 24.2 Å². The Kier molecular flexibility index (Phi) is 5.11. The third kappa shape index (κ3) is 3.31. The molecule has 0 amide bonds. The Morgan fingerprint density at radius 3 is 2.67 bits per heavy atom. The molecule has 0 aliphatic carbocycles. The van der Waals surface area contributed by atoms with Crippen molar-refractivity contribution in [2.24, 2.45) is 0 Å². The van der Waals surface area contributed by atoms with Crippen molar-refractivity contribution in [2.45, 2.75) is 13.0 Å². The topological polar surface area (TPSA) is 43.4 Å². The van der Waals surface area contributed by atoms with Crippen LogP contribution in [0.15, 0.2) is 36.5 Å². The number of ether oxygens (including phenoxy) is 2. The normalized spacial score (nSPS) is 12.0. The van der Waals surface area contributed by atoms with Crippen LogP contribution in [0.3, 0.4) is 0 Å². The van der Waals surface area contributed by atoms with E-state index in [-0.39, 0.29) is 11.9 Å². The van der Waals surface area contributed by atoms with Crippen molar-refractivity contribution in [1.29, 1.82) is 0 Å². The van der Waals surface area contributed by atoms with Crippen LogP contribution in [0.25, 0.3) is 0 Å². The van der Waals surface area contributed by atoms with Crippen LogP contribution in [0.2, 0.25) is 0 Å². The highest BCUT2D eigenvalue weighted by molar-refractivity contribution is 5.39. The van der Waals surface area contributed by atoms with E-state index in [0.717, 1.165) is 0 Å². The van der Waals surface area contributed by atoms with Gasteiger partial charge in [-0.2, -0.15) is 0 Å². The molecule has 0 spiro atoms. The van der Waals surface area contributed by atoms with E-state index in [1.54, 1.807) is 31.5 Å². The Morgan fingerprint density at radius 2 is 2.05 bits per heavy atom. The van der Waals surface area contributed by atoms with Crippen molar-refractivity contribution in [2.75, 3.05) is 20.8 Å². The highest BCUT2D eigenvalue weighted by Crippen LogP contribution is 2.30. The van der Waals surface area contributed by atoms with Gasteiger partial charge < -0.3 is 14.8 Å². The molecule has 0 saturated carbocycles. The molecule has 0 fully saturated rings. The summed E-state index contributed by atoms with van der Waals surface area (Å²) < 4.78 is 24.7. The number of hydrogen-bond donors (Lipinski definition) is 1. The molecule has 1 heterocycles. The fourth-order valence-corrected chi connectivity index (χ4v) is 2.22. The second-order valence-electron chi connectivity index (χ2n) is 4.47. The van der Waals surface area contributed by atoms with E-state index in [9.17, 15) is 4.39 Å². The average molecular weight is 290 g/mol. The van der Waals surface area contributed by atoms with Crippen LogP contribution >= 0.6 is 0 Å². The monoisotopic (exact) mass is 290 g/mol. The Morgan fingerprint density at radius 1 is 1.24 bits per heavy atom. The van der Waals surface area contributed by atoms with Crippen LogP contribution < -0.4 is 14.8 Å². The second kappa shape index (κ2) is 7.04. The molecule has 0 aliphatic heterocycles. The molecule has 0 radical (unpaired) electrons. The molecule has 1 atom stereocenters. The minimum Gasteiger partial charge on any atom is -0.497 e. The van der Waals surface area contributed by atoms with E-state index in [4.69, 9.17) is 9.47 Å². The van der Waals surface area contributed by atoms with E-state index in [1.165, 1.54) is 13.2 Å². The number of pyridine rings is 1. The Bertz CT molecular complexity index is 605. The summed E-state index contributed by atoms with van der Waals surface area (Å²) in [6.07, 6.45) is 1.67. The zero-order valence-electron chi connectivity index (χ0n) is 12.4. The molecule has 0 saturated heterocycles. The van der Waals surface area contributed by atoms with E-state index in [2.05, 4.69) is 10.3 Å². The lowest BCUT2D eigenvalue weighted by atomic mass is 10.0. The standard InChI is InChI=1S/C16H19FN2O2/c1-4-18-15(16-14(21-3)6-5-9-19-16)12-8-7-11(20-2)10-13(12)17/h5-10,15,18H,4H2,1-3H3. The van der Waals surface area contributed by atoms with E-state index in [0.29, 0.717) is 29.3 Å². The minimum atomic E-state index is -0.378. The number of aromatic nitrogens is 1. The van der Waals surface area contributed by atoms with Crippen molar-refractivity contribution < 1.29 is 13.9 Å². The van der Waals surface area contributed by atoms with Gasteiger partial charge in [-0.25, -0.2) is 4.39 Å². The summed E-state index contributed by atoms with van der Waals surface area (Å²) in [4.78, 5) is 4.34. The number of halogens is 1. The smallest absolute Gasteiger partial charge is 0.142 e. The van der Waals surface area contributed by atoms with Gasteiger partial charge in [-0.05, 0) is 24.7 Å². The molecule has 112 valence electrons. The van der Waals surface area contributed by atoms with Crippen molar-refractivity contribution in [3.63, 3.8) is 0 Å². The first kappa shape index (κ1) is 15.3. The van der Waals surface area contributed by atoms with E-state index in [1.807, 2.05) is 13.0 Å². The molecular weight excluding hydrogens is 271 g/mol. The number of benzene rings is 1. The van der Waals surface area contributed by atoms with Gasteiger partial charge in [0.05, 0.1) is 20.3 Å². The van der Waals surface area contributed by atoms with Gasteiger partial charge in [-0.1, -0.05) is 13.0 Å². The molecule has 0 bridgehead atoms. The Balaban J connectivity index is 2.48. The third-order valence-corrected chi connectivity index (χ3v) is 3.22. The SMILES string of the molecule is CCNC(c1ccc(OC)cc1F)c1ncccc1OC. The van der Waals surface area contributed by atoms with E-state index < -0.39 is 0 Å². The van der Waals surface area contributed by atoms with Gasteiger partial charge in [-0.15, -0.1) is 0 Å². The molecule has 1 aromatic heterocycles.